The molecule has 0 aliphatic carbocycles. The van der Waals surface area contributed by atoms with Gasteiger partial charge >= 0.3 is 0 Å². The Kier molecular flexibility index (Phi) is 8.10. The van der Waals surface area contributed by atoms with Gasteiger partial charge in [-0.25, -0.2) is 13.1 Å². The number of rotatable bonds is 5. The highest BCUT2D eigenvalue weighted by molar-refractivity contribution is 8.18. The number of hydrogen-bond donors (Lipinski definition) is 0. The molecule has 42 heavy (non-hydrogen) atoms. The van der Waals surface area contributed by atoms with Crippen LogP contribution in [0, 0.1) is 5.92 Å². The summed E-state index contributed by atoms with van der Waals surface area (Å²) in [5, 5.41) is 5.55. The Hall–Kier alpha value is -3.25. The van der Waals surface area contributed by atoms with Crippen LogP contribution in [0.15, 0.2) is 75.6 Å². The van der Waals surface area contributed by atoms with Crippen LogP contribution in [0.4, 0.5) is 0 Å². The van der Waals surface area contributed by atoms with Crippen LogP contribution in [-0.4, -0.2) is 76.9 Å². The molecule has 0 N–H and O–H groups in total. The second-order valence-electron chi connectivity index (χ2n) is 11.3. The molecule has 2 aromatic carbocycles. The van der Waals surface area contributed by atoms with E-state index in [0.717, 1.165) is 18.5 Å². The summed E-state index contributed by atoms with van der Waals surface area (Å²) in [7, 11) is -3.65. The Morgan fingerprint density at radius 3 is 2.50 bits per heavy atom. The molecule has 1 aromatic heterocycles. The maximum absolute atomic E-state index is 13.6. The van der Waals surface area contributed by atoms with Gasteiger partial charge in [-0.2, -0.15) is 14.4 Å². The number of thioether (sulfide) groups is 1. The van der Waals surface area contributed by atoms with E-state index in [2.05, 4.69) is 16.8 Å². The van der Waals surface area contributed by atoms with Crippen LogP contribution in [-0.2, 0) is 19.6 Å². The minimum absolute atomic E-state index is 0.0487. The molecule has 9 nitrogen and oxygen atoms in total. The van der Waals surface area contributed by atoms with Crippen molar-refractivity contribution in [2.24, 2.45) is 10.9 Å². The predicted octanol–water partition coefficient (Wildman–Crippen LogP) is 5.04. The van der Waals surface area contributed by atoms with Crippen molar-refractivity contribution in [3.8, 4) is 16.9 Å². The fraction of sp³-hybridized carbons (Fsp3) is 0.387. The normalized spacial score (nSPS) is 24.8. The zero-order chi connectivity index (χ0) is 29.4. The van der Waals surface area contributed by atoms with Crippen LogP contribution >= 0.6 is 11.8 Å². The van der Waals surface area contributed by atoms with Crippen LogP contribution in [0.5, 0.6) is 0 Å². The molecule has 0 bridgehead atoms. The van der Waals surface area contributed by atoms with Gasteiger partial charge in [0.2, 0.25) is 10.0 Å². The Morgan fingerprint density at radius 2 is 1.76 bits per heavy atom. The number of piperidine rings is 1. The molecule has 2 saturated heterocycles. The number of nitrogens with zero attached hydrogens (tertiary/aromatic N) is 5. The number of amidine groups is 1. The Labute approximate surface area is 251 Å². The lowest BCUT2D eigenvalue weighted by Crippen LogP contribution is -2.47. The van der Waals surface area contributed by atoms with E-state index in [9.17, 15) is 13.2 Å². The highest BCUT2D eigenvalue weighted by atomic mass is 32.2. The molecule has 3 aliphatic heterocycles. The van der Waals surface area contributed by atoms with Gasteiger partial charge in [-0.05, 0) is 74.7 Å². The number of para-hydroxylation sites is 1. The summed E-state index contributed by atoms with van der Waals surface area (Å²) in [5.41, 5.74) is 2.81. The van der Waals surface area contributed by atoms with E-state index in [1.807, 2.05) is 62.5 Å². The maximum atomic E-state index is 13.6. The first kappa shape index (κ1) is 28.9. The topological polar surface area (TPSA) is 97.1 Å². The van der Waals surface area contributed by atoms with Crippen LogP contribution in [0.2, 0.25) is 0 Å². The third-order valence-corrected chi connectivity index (χ3v) is 10.6. The minimum Gasteiger partial charge on any atom is -0.372 e. The predicted molar refractivity (Wildman–Crippen MR) is 166 cm³/mol. The van der Waals surface area contributed by atoms with Gasteiger partial charge in [-0.1, -0.05) is 37.3 Å². The molecule has 1 amide bonds. The number of ether oxygens (including phenoxy) is 1. The van der Waals surface area contributed by atoms with Crippen molar-refractivity contribution in [1.29, 1.82) is 0 Å². The minimum atomic E-state index is -3.65. The van der Waals surface area contributed by atoms with Gasteiger partial charge in [0.1, 0.15) is 5.69 Å². The molecule has 4 heterocycles. The van der Waals surface area contributed by atoms with Gasteiger partial charge in [0, 0.05) is 43.5 Å². The lowest BCUT2D eigenvalue weighted by Gasteiger charge is -2.35. The van der Waals surface area contributed by atoms with E-state index in [1.165, 1.54) is 11.8 Å². The molecule has 2 fully saturated rings. The molecule has 3 aromatic rings. The fourth-order valence-electron chi connectivity index (χ4n) is 5.76. The summed E-state index contributed by atoms with van der Waals surface area (Å²) in [6, 6.07) is 16.7. The first-order chi connectivity index (χ1) is 20.2. The lowest BCUT2D eigenvalue weighted by molar-refractivity contribution is -0.113. The van der Waals surface area contributed by atoms with Gasteiger partial charge in [-0.15, -0.1) is 0 Å². The Bertz CT molecular complexity index is 1640. The monoisotopic (exact) mass is 605 g/mol. The number of carbonyl (C=O) groups is 1. The number of aromatic nitrogens is 2. The van der Waals surface area contributed by atoms with Crippen molar-refractivity contribution in [1.82, 2.24) is 19.0 Å². The van der Waals surface area contributed by atoms with Gasteiger partial charge < -0.3 is 9.64 Å². The standard InChI is InChI=1S/C31H35N5O4S2/c1-21-9-8-14-35(17-21)42(38,39)27-13-7-10-24(15-27)29-25(20-36(33-29)26-11-5-4-6-12-26)16-28-30(37)32-31(41-28)34-18-22(2)40-23(3)19-34/h4-7,10-13,15-16,20-23H,8-9,14,17-19H2,1-3H3/b28-16-. The zero-order valence-electron chi connectivity index (χ0n) is 24.0. The van der Waals surface area contributed by atoms with Gasteiger partial charge in [-0.3, -0.25) is 4.79 Å². The van der Waals surface area contributed by atoms with E-state index in [1.54, 1.807) is 27.2 Å². The average molecular weight is 606 g/mol. The SMILES string of the molecule is CC1CCCN(S(=O)(=O)c2cccc(-c3nn(-c4ccccc4)cc3/C=C3\SC(N4CC(C)OC(C)C4)=NC3=O)c2)C1. The van der Waals surface area contributed by atoms with Crippen LogP contribution in [0.3, 0.4) is 0 Å². The zero-order valence-corrected chi connectivity index (χ0v) is 25.6. The highest BCUT2D eigenvalue weighted by Crippen LogP contribution is 2.35. The van der Waals surface area contributed by atoms with Crippen molar-refractivity contribution in [3.63, 3.8) is 0 Å². The summed E-state index contributed by atoms with van der Waals surface area (Å²) in [6.07, 6.45) is 5.67. The van der Waals surface area contributed by atoms with E-state index in [-0.39, 0.29) is 23.0 Å². The Morgan fingerprint density at radius 1 is 1.00 bits per heavy atom. The van der Waals surface area contributed by atoms with Crippen molar-refractivity contribution < 1.29 is 17.9 Å². The fourth-order valence-corrected chi connectivity index (χ4v) is 8.32. The van der Waals surface area contributed by atoms with E-state index >= 15 is 0 Å². The van der Waals surface area contributed by atoms with Gasteiger partial charge in [0.25, 0.3) is 5.91 Å². The second kappa shape index (κ2) is 11.8. The number of amides is 1. The summed E-state index contributed by atoms with van der Waals surface area (Å²) in [5.74, 6) is 0.0321. The second-order valence-corrected chi connectivity index (χ2v) is 14.3. The van der Waals surface area contributed by atoms with Crippen LogP contribution in [0.1, 0.15) is 39.2 Å². The Balaban J connectivity index is 1.36. The maximum Gasteiger partial charge on any atom is 0.286 e. The first-order valence-corrected chi connectivity index (χ1v) is 16.6. The molecule has 3 unspecified atom stereocenters. The number of hydrogen-bond acceptors (Lipinski definition) is 7. The lowest BCUT2D eigenvalue weighted by atomic mass is 10.0. The van der Waals surface area contributed by atoms with E-state index in [4.69, 9.17) is 9.84 Å². The third kappa shape index (κ3) is 5.96. The molecule has 0 saturated carbocycles. The quantitative estimate of drug-likeness (QED) is 0.376. The van der Waals surface area contributed by atoms with Gasteiger partial charge in [0.05, 0.1) is 27.7 Å². The highest BCUT2D eigenvalue weighted by Gasteiger charge is 2.32. The van der Waals surface area contributed by atoms with Crippen LogP contribution in [0.25, 0.3) is 23.0 Å². The van der Waals surface area contributed by atoms with Crippen LogP contribution < -0.4 is 0 Å². The molecular weight excluding hydrogens is 571 g/mol. The average Bonchev–Trinajstić information content (AvgIpc) is 3.57. The first-order valence-electron chi connectivity index (χ1n) is 14.4. The van der Waals surface area contributed by atoms with E-state index in [0.29, 0.717) is 59.0 Å². The van der Waals surface area contributed by atoms with Crippen molar-refractivity contribution in [2.45, 2.75) is 50.7 Å². The molecule has 220 valence electrons. The number of morpholine rings is 1. The summed E-state index contributed by atoms with van der Waals surface area (Å²) in [4.78, 5) is 20.3. The molecule has 11 heteroatoms. The van der Waals surface area contributed by atoms with Gasteiger partial charge in [0.15, 0.2) is 5.17 Å². The molecular formula is C31H35N5O4S2. The molecule has 3 atom stereocenters. The molecule has 0 spiro atoms. The number of carbonyl (C=O) groups excluding carboxylic acids is 1. The summed E-state index contributed by atoms with van der Waals surface area (Å²) < 4.78 is 36.4. The van der Waals surface area contributed by atoms with Crippen molar-refractivity contribution in [3.05, 3.63) is 71.3 Å². The smallest absolute Gasteiger partial charge is 0.286 e. The number of sulfonamides is 1. The third-order valence-electron chi connectivity index (χ3n) is 7.71. The number of benzene rings is 2. The molecule has 3 aliphatic rings. The molecule has 0 radical (unpaired) electrons. The van der Waals surface area contributed by atoms with Crippen molar-refractivity contribution in [2.75, 3.05) is 26.2 Å². The number of aliphatic imine (C=N–C) groups is 1. The summed E-state index contributed by atoms with van der Waals surface area (Å²) in [6.45, 7) is 8.52. The van der Waals surface area contributed by atoms with Crippen molar-refractivity contribution >= 4 is 38.9 Å². The largest absolute Gasteiger partial charge is 0.372 e. The molecule has 6 rings (SSSR count). The summed E-state index contributed by atoms with van der Waals surface area (Å²) >= 11 is 1.35. The van der Waals surface area contributed by atoms with E-state index < -0.39 is 10.0 Å².